The van der Waals surface area contributed by atoms with Crippen LogP contribution in [0.5, 0.6) is 0 Å². The highest BCUT2D eigenvalue weighted by Crippen LogP contribution is 2.49. The molecule has 0 saturated heterocycles. The summed E-state index contributed by atoms with van der Waals surface area (Å²) in [6.07, 6.45) is 0.746. The van der Waals surface area contributed by atoms with Crippen molar-refractivity contribution in [2.75, 3.05) is 0 Å². The van der Waals surface area contributed by atoms with E-state index in [2.05, 4.69) is 26.8 Å². The molecule has 0 spiro atoms. The van der Waals surface area contributed by atoms with Gasteiger partial charge in [0.1, 0.15) is 0 Å². The van der Waals surface area contributed by atoms with Crippen molar-refractivity contribution < 1.29 is 9.59 Å². The molecule has 2 amide bonds. The van der Waals surface area contributed by atoms with Crippen molar-refractivity contribution in [1.82, 2.24) is 10.9 Å². The van der Waals surface area contributed by atoms with Gasteiger partial charge in [0.05, 0.1) is 8.66 Å². The number of hydrazine groups is 1. The number of benzene rings is 1. The van der Waals surface area contributed by atoms with Crippen LogP contribution in [0, 0.1) is 5.92 Å². The molecule has 3 rings (SSSR count). The maximum absolute atomic E-state index is 12.1. The first-order valence-electron chi connectivity index (χ1n) is 6.66. The molecule has 22 heavy (non-hydrogen) atoms. The SMILES string of the molecule is O=C(NNC(=O)C1CC1c1ccccc1Cl)c1ccc(Br)s1. The number of hydrogen-bond donors (Lipinski definition) is 2. The van der Waals surface area contributed by atoms with Crippen LogP contribution < -0.4 is 10.9 Å². The van der Waals surface area contributed by atoms with Gasteiger partial charge in [0.2, 0.25) is 5.91 Å². The molecule has 0 aliphatic heterocycles. The van der Waals surface area contributed by atoms with E-state index in [0.29, 0.717) is 9.90 Å². The summed E-state index contributed by atoms with van der Waals surface area (Å²) in [6.45, 7) is 0. The molecule has 2 unspecified atom stereocenters. The van der Waals surface area contributed by atoms with E-state index in [1.807, 2.05) is 24.3 Å². The number of nitrogens with one attached hydrogen (secondary N) is 2. The Labute approximate surface area is 145 Å². The summed E-state index contributed by atoms with van der Waals surface area (Å²) < 4.78 is 0.866. The molecule has 1 aromatic heterocycles. The molecular weight excluding hydrogens is 388 g/mol. The van der Waals surface area contributed by atoms with Crippen molar-refractivity contribution in [3.05, 3.63) is 55.6 Å². The minimum Gasteiger partial charge on any atom is -0.273 e. The standard InChI is InChI=1S/C15H12BrClN2O2S/c16-13-6-5-12(22-13)15(21)19-18-14(20)10-7-9(10)8-3-1-2-4-11(8)17/h1-6,9-10H,7H2,(H,18,20)(H,19,21). The van der Waals surface area contributed by atoms with E-state index in [-0.39, 0.29) is 23.7 Å². The fraction of sp³-hybridized carbons (Fsp3) is 0.200. The van der Waals surface area contributed by atoms with Crippen molar-refractivity contribution in [2.45, 2.75) is 12.3 Å². The van der Waals surface area contributed by atoms with Crippen LogP contribution in [0.2, 0.25) is 5.02 Å². The van der Waals surface area contributed by atoms with Crippen molar-refractivity contribution in [2.24, 2.45) is 5.92 Å². The Morgan fingerprint density at radius 1 is 1.18 bits per heavy atom. The molecular formula is C15H12BrClN2O2S. The Bertz CT molecular complexity index is 734. The highest BCUT2D eigenvalue weighted by Gasteiger charge is 2.44. The zero-order valence-corrected chi connectivity index (χ0v) is 14.5. The first-order valence-corrected chi connectivity index (χ1v) is 8.65. The summed E-state index contributed by atoms with van der Waals surface area (Å²) in [6, 6.07) is 11.0. The monoisotopic (exact) mass is 398 g/mol. The van der Waals surface area contributed by atoms with Crippen LogP contribution in [0.4, 0.5) is 0 Å². The molecule has 7 heteroatoms. The lowest BCUT2D eigenvalue weighted by molar-refractivity contribution is -0.123. The number of carbonyl (C=O) groups excluding carboxylic acids is 2. The van der Waals surface area contributed by atoms with E-state index >= 15 is 0 Å². The lowest BCUT2D eigenvalue weighted by Crippen LogP contribution is -2.42. The second-order valence-electron chi connectivity index (χ2n) is 5.02. The second kappa shape index (κ2) is 6.40. The average molecular weight is 400 g/mol. The van der Waals surface area contributed by atoms with Gasteiger partial charge in [-0.1, -0.05) is 29.8 Å². The van der Waals surface area contributed by atoms with Gasteiger partial charge in [-0.25, -0.2) is 0 Å². The zero-order valence-electron chi connectivity index (χ0n) is 11.3. The molecule has 4 nitrogen and oxygen atoms in total. The highest BCUT2D eigenvalue weighted by molar-refractivity contribution is 9.11. The Morgan fingerprint density at radius 2 is 1.95 bits per heavy atom. The van der Waals surface area contributed by atoms with E-state index in [4.69, 9.17) is 11.6 Å². The number of thiophene rings is 1. The van der Waals surface area contributed by atoms with E-state index in [0.717, 1.165) is 15.8 Å². The van der Waals surface area contributed by atoms with Crippen LogP contribution >= 0.6 is 38.9 Å². The second-order valence-corrected chi connectivity index (χ2v) is 7.89. The van der Waals surface area contributed by atoms with E-state index in [1.54, 1.807) is 12.1 Å². The predicted molar refractivity (Wildman–Crippen MR) is 89.9 cm³/mol. The lowest BCUT2D eigenvalue weighted by atomic mass is 10.1. The Kier molecular flexibility index (Phi) is 4.52. The molecule has 0 radical (unpaired) electrons. The van der Waals surface area contributed by atoms with Crippen LogP contribution in [0.1, 0.15) is 27.6 Å². The average Bonchev–Trinajstić information content (AvgIpc) is 3.18. The molecule has 1 fully saturated rings. The first kappa shape index (κ1) is 15.5. The van der Waals surface area contributed by atoms with Gasteiger partial charge in [-0.3, -0.25) is 20.4 Å². The molecule has 1 aliphatic carbocycles. The van der Waals surface area contributed by atoms with Gasteiger partial charge in [-0.15, -0.1) is 11.3 Å². The summed E-state index contributed by atoms with van der Waals surface area (Å²) >= 11 is 10.7. The molecule has 1 aliphatic rings. The van der Waals surface area contributed by atoms with Crippen molar-refractivity contribution >= 4 is 50.7 Å². The zero-order chi connectivity index (χ0) is 15.7. The molecule has 1 heterocycles. The van der Waals surface area contributed by atoms with Crippen LogP contribution in [0.25, 0.3) is 0 Å². The summed E-state index contributed by atoms with van der Waals surface area (Å²) in [5, 5.41) is 0.676. The number of hydrogen-bond acceptors (Lipinski definition) is 3. The summed E-state index contributed by atoms with van der Waals surface area (Å²) in [7, 11) is 0. The van der Waals surface area contributed by atoms with Crippen LogP contribution in [0.3, 0.4) is 0 Å². The van der Waals surface area contributed by atoms with Crippen molar-refractivity contribution in [3.8, 4) is 0 Å². The summed E-state index contributed by atoms with van der Waals surface area (Å²) in [5.41, 5.74) is 5.90. The molecule has 114 valence electrons. The third kappa shape index (κ3) is 3.34. The fourth-order valence-corrected chi connectivity index (χ4v) is 3.87. The van der Waals surface area contributed by atoms with E-state index in [9.17, 15) is 9.59 Å². The Balaban J connectivity index is 1.54. The number of amides is 2. The predicted octanol–water partition coefficient (Wildman–Crippen LogP) is 3.73. The third-order valence-corrected chi connectivity index (χ3v) is 5.49. The van der Waals surface area contributed by atoms with Gasteiger partial charge in [-0.05, 0) is 52.0 Å². The third-order valence-electron chi connectivity index (χ3n) is 3.53. The fourth-order valence-electron chi connectivity index (χ4n) is 2.31. The van der Waals surface area contributed by atoms with Crippen LogP contribution in [-0.2, 0) is 4.79 Å². The largest absolute Gasteiger partial charge is 0.279 e. The van der Waals surface area contributed by atoms with Crippen LogP contribution in [-0.4, -0.2) is 11.8 Å². The molecule has 0 bridgehead atoms. The highest BCUT2D eigenvalue weighted by atomic mass is 79.9. The van der Waals surface area contributed by atoms with Gasteiger partial charge < -0.3 is 0 Å². The first-order chi connectivity index (χ1) is 10.6. The smallest absolute Gasteiger partial charge is 0.273 e. The maximum atomic E-state index is 12.1. The quantitative estimate of drug-likeness (QED) is 0.773. The van der Waals surface area contributed by atoms with Crippen molar-refractivity contribution in [3.63, 3.8) is 0 Å². The van der Waals surface area contributed by atoms with Gasteiger partial charge in [0.15, 0.2) is 0 Å². The van der Waals surface area contributed by atoms with Gasteiger partial charge in [-0.2, -0.15) is 0 Å². The number of rotatable bonds is 3. The normalized spacial score (nSPS) is 19.5. The molecule has 1 saturated carbocycles. The number of halogens is 2. The molecule has 2 atom stereocenters. The Hall–Kier alpha value is -1.37. The molecule has 2 aromatic rings. The summed E-state index contributed by atoms with van der Waals surface area (Å²) in [4.78, 5) is 24.5. The van der Waals surface area contributed by atoms with Gasteiger partial charge in [0.25, 0.3) is 5.91 Å². The minimum atomic E-state index is -0.320. The van der Waals surface area contributed by atoms with Gasteiger partial charge in [0, 0.05) is 10.9 Å². The Morgan fingerprint density at radius 3 is 2.64 bits per heavy atom. The van der Waals surface area contributed by atoms with E-state index < -0.39 is 0 Å². The van der Waals surface area contributed by atoms with Gasteiger partial charge >= 0.3 is 0 Å². The van der Waals surface area contributed by atoms with Crippen LogP contribution in [0.15, 0.2) is 40.2 Å². The molecule has 2 N–H and O–H groups in total. The molecule has 1 aromatic carbocycles. The van der Waals surface area contributed by atoms with Crippen molar-refractivity contribution in [1.29, 1.82) is 0 Å². The maximum Gasteiger partial charge on any atom is 0.279 e. The topological polar surface area (TPSA) is 58.2 Å². The number of carbonyl (C=O) groups is 2. The minimum absolute atomic E-state index is 0.126. The lowest BCUT2D eigenvalue weighted by Gasteiger charge is -2.06. The summed E-state index contributed by atoms with van der Waals surface area (Å²) in [5.74, 6) is -0.523. The van der Waals surface area contributed by atoms with E-state index in [1.165, 1.54) is 11.3 Å².